The largest absolute Gasteiger partial charge is 0.131 e. The van der Waals surface area contributed by atoms with Crippen molar-refractivity contribution in [3.8, 4) is 0 Å². The minimum Gasteiger partial charge on any atom is -0.131 e. The third kappa shape index (κ3) is 4.60. The number of thiol groups is 1. The molecule has 1 aromatic rings. The van der Waals surface area contributed by atoms with E-state index in [1.165, 1.54) is 56.9 Å². The molecule has 0 aromatic heterocycles. The van der Waals surface area contributed by atoms with Crippen molar-refractivity contribution in [2.24, 2.45) is 5.92 Å². The van der Waals surface area contributed by atoms with E-state index >= 15 is 0 Å². The van der Waals surface area contributed by atoms with Crippen molar-refractivity contribution in [1.82, 2.24) is 0 Å². The van der Waals surface area contributed by atoms with Crippen molar-refractivity contribution in [2.75, 3.05) is 0 Å². The van der Waals surface area contributed by atoms with E-state index in [0.29, 0.717) is 4.20 Å². The van der Waals surface area contributed by atoms with E-state index in [4.69, 9.17) is 12.2 Å². The molecule has 2 rings (SSSR count). The summed E-state index contributed by atoms with van der Waals surface area (Å²) >= 11 is 9.32. The third-order valence-electron chi connectivity index (χ3n) is 4.69. The molecule has 2 heteroatoms. The fraction of sp³-hybridized carbons (Fsp3) is 0.611. The van der Waals surface area contributed by atoms with Gasteiger partial charge >= 0.3 is 0 Å². The summed E-state index contributed by atoms with van der Waals surface area (Å²) in [5.41, 5.74) is 2.56. The van der Waals surface area contributed by atoms with Crippen LogP contribution >= 0.6 is 24.8 Å². The molecule has 110 valence electrons. The van der Waals surface area contributed by atoms with Crippen molar-refractivity contribution in [3.63, 3.8) is 0 Å². The van der Waals surface area contributed by atoms with Gasteiger partial charge in [0.05, 0.1) is 4.20 Å². The molecule has 1 fully saturated rings. The Hall–Kier alpha value is -0.340. The first-order valence-electron chi connectivity index (χ1n) is 8.04. The van der Waals surface area contributed by atoms with Crippen LogP contribution < -0.4 is 0 Å². The van der Waals surface area contributed by atoms with Gasteiger partial charge in [-0.25, -0.2) is 0 Å². The molecule has 0 amide bonds. The normalized spacial score (nSPS) is 22.7. The molecule has 0 atom stereocenters. The summed E-state index contributed by atoms with van der Waals surface area (Å²) in [6, 6.07) is 8.75. The smallest absolute Gasteiger partial charge is 0.0747 e. The minimum absolute atomic E-state index is 0.691. The van der Waals surface area contributed by atoms with Crippen molar-refractivity contribution in [1.29, 1.82) is 0 Å². The Balaban J connectivity index is 1.82. The number of benzene rings is 1. The quantitative estimate of drug-likeness (QED) is 0.374. The fourth-order valence-electron chi connectivity index (χ4n) is 3.37. The van der Waals surface area contributed by atoms with Crippen LogP contribution in [0.15, 0.2) is 24.3 Å². The van der Waals surface area contributed by atoms with Gasteiger partial charge in [0, 0.05) is 0 Å². The summed E-state index contributed by atoms with van der Waals surface area (Å²) in [5.74, 6) is 1.75. The van der Waals surface area contributed by atoms with E-state index in [1.807, 2.05) is 0 Å². The monoisotopic (exact) mass is 306 g/mol. The highest BCUT2D eigenvalue weighted by Crippen LogP contribution is 2.37. The van der Waals surface area contributed by atoms with Crippen LogP contribution in [0.3, 0.4) is 0 Å². The van der Waals surface area contributed by atoms with Gasteiger partial charge in [0.25, 0.3) is 0 Å². The molecule has 0 N–H and O–H groups in total. The van der Waals surface area contributed by atoms with Crippen LogP contribution in [0.1, 0.15) is 75.3 Å². The Morgan fingerprint density at radius 3 is 2.30 bits per heavy atom. The van der Waals surface area contributed by atoms with Gasteiger partial charge in [-0.15, -0.1) is 12.6 Å². The second kappa shape index (κ2) is 8.19. The van der Waals surface area contributed by atoms with Gasteiger partial charge in [-0.2, -0.15) is 0 Å². The minimum atomic E-state index is 0.691. The van der Waals surface area contributed by atoms with Gasteiger partial charge in [-0.1, -0.05) is 69.1 Å². The van der Waals surface area contributed by atoms with E-state index < -0.39 is 0 Å². The van der Waals surface area contributed by atoms with Gasteiger partial charge in [-0.3, -0.25) is 0 Å². The molecular formula is C18H26S2. The summed E-state index contributed by atoms with van der Waals surface area (Å²) in [7, 11) is 0. The number of rotatable bonds is 6. The first kappa shape index (κ1) is 16.0. The molecule has 20 heavy (non-hydrogen) atoms. The number of hydrogen-bond acceptors (Lipinski definition) is 1. The zero-order valence-corrected chi connectivity index (χ0v) is 14.2. The lowest BCUT2D eigenvalue weighted by molar-refractivity contribution is 0.303. The molecule has 0 bridgehead atoms. The van der Waals surface area contributed by atoms with Crippen LogP contribution in [0.5, 0.6) is 0 Å². The third-order valence-corrected chi connectivity index (χ3v) is 5.19. The second-order valence-corrected chi connectivity index (χ2v) is 7.30. The Morgan fingerprint density at radius 2 is 1.75 bits per heavy atom. The lowest BCUT2D eigenvalue weighted by Gasteiger charge is -2.29. The van der Waals surface area contributed by atoms with Crippen LogP contribution in [0.4, 0.5) is 0 Å². The fourth-order valence-corrected chi connectivity index (χ4v) is 3.65. The van der Waals surface area contributed by atoms with Crippen molar-refractivity contribution in [2.45, 2.75) is 64.2 Å². The predicted molar refractivity (Wildman–Crippen MR) is 96.0 cm³/mol. The number of unbranched alkanes of at least 4 members (excludes halogenated alkanes) is 2. The summed E-state index contributed by atoms with van der Waals surface area (Å²) in [5, 5.41) is 0. The van der Waals surface area contributed by atoms with Crippen LogP contribution in [-0.4, -0.2) is 4.20 Å². The van der Waals surface area contributed by atoms with E-state index in [2.05, 4.69) is 43.8 Å². The maximum atomic E-state index is 5.09. The molecule has 1 saturated carbocycles. The van der Waals surface area contributed by atoms with E-state index in [0.717, 1.165) is 17.4 Å². The van der Waals surface area contributed by atoms with Gasteiger partial charge in [0.15, 0.2) is 0 Å². The highest BCUT2D eigenvalue weighted by molar-refractivity contribution is 8.11. The highest BCUT2D eigenvalue weighted by Gasteiger charge is 2.21. The summed E-state index contributed by atoms with van der Waals surface area (Å²) < 4.78 is 0.691. The average molecular weight is 307 g/mol. The zero-order valence-electron chi connectivity index (χ0n) is 12.5. The Kier molecular flexibility index (Phi) is 6.57. The van der Waals surface area contributed by atoms with Gasteiger partial charge in [0.1, 0.15) is 0 Å². The van der Waals surface area contributed by atoms with Gasteiger partial charge < -0.3 is 0 Å². The van der Waals surface area contributed by atoms with Crippen LogP contribution in [0.25, 0.3) is 0 Å². The topological polar surface area (TPSA) is 0 Å². The Bertz CT molecular complexity index is 414. The molecular weight excluding hydrogens is 280 g/mol. The van der Waals surface area contributed by atoms with E-state index in [1.54, 1.807) is 0 Å². The summed E-state index contributed by atoms with van der Waals surface area (Å²) in [6.07, 6.45) is 11.2. The van der Waals surface area contributed by atoms with E-state index in [9.17, 15) is 0 Å². The van der Waals surface area contributed by atoms with Crippen molar-refractivity contribution >= 4 is 29.0 Å². The number of hydrogen-bond donors (Lipinski definition) is 1. The Labute approximate surface area is 134 Å². The SMILES string of the molecule is CCCCCC1CCC(c2ccc(C(=S)S)cc2)CC1. The summed E-state index contributed by atoms with van der Waals surface area (Å²) in [6.45, 7) is 2.29. The first-order valence-corrected chi connectivity index (χ1v) is 8.89. The van der Waals surface area contributed by atoms with Crippen molar-refractivity contribution < 1.29 is 0 Å². The molecule has 0 nitrogen and oxygen atoms in total. The number of thiocarbonyl (C=S) groups is 1. The molecule has 0 saturated heterocycles. The molecule has 0 radical (unpaired) electrons. The standard InChI is InChI=1S/C18H26S2/c1-2-3-4-5-14-6-8-15(9-7-14)16-10-12-17(13-11-16)18(19)20/h10-15H,2-9H2,1H3,(H,19,20). The van der Waals surface area contributed by atoms with Crippen molar-refractivity contribution in [3.05, 3.63) is 35.4 Å². The molecule has 0 aliphatic heterocycles. The molecule has 0 spiro atoms. The maximum absolute atomic E-state index is 5.09. The van der Waals surface area contributed by atoms with Crippen LogP contribution in [0, 0.1) is 5.92 Å². The first-order chi connectivity index (χ1) is 9.70. The van der Waals surface area contributed by atoms with E-state index in [-0.39, 0.29) is 0 Å². The highest BCUT2D eigenvalue weighted by atomic mass is 32.1. The van der Waals surface area contributed by atoms with Gasteiger partial charge in [0.2, 0.25) is 0 Å². The zero-order chi connectivity index (χ0) is 14.4. The summed E-state index contributed by atoms with van der Waals surface area (Å²) in [4.78, 5) is 0. The Morgan fingerprint density at radius 1 is 1.10 bits per heavy atom. The van der Waals surface area contributed by atoms with Crippen LogP contribution in [-0.2, 0) is 0 Å². The molecule has 1 aliphatic rings. The predicted octanol–water partition coefficient (Wildman–Crippen LogP) is 6.15. The molecule has 1 aliphatic carbocycles. The second-order valence-electron chi connectivity index (χ2n) is 6.14. The van der Waals surface area contributed by atoms with Crippen LogP contribution in [0.2, 0.25) is 0 Å². The molecule has 0 unspecified atom stereocenters. The lowest BCUT2D eigenvalue weighted by Crippen LogP contribution is -2.13. The molecule has 1 aromatic carbocycles. The molecule has 0 heterocycles. The maximum Gasteiger partial charge on any atom is 0.0747 e. The van der Waals surface area contributed by atoms with Gasteiger partial charge in [-0.05, 0) is 48.6 Å². The lowest BCUT2D eigenvalue weighted by atomic mass is 9.77. The average Bonchev–Trinajstić information content (AvgIpc) is 2.48.